The molecule has 4 aromatic carbocycles. The Labute approximate surface area is 269 Å². The van der Waals surface area contributed by atoms with Crippen LogP contribution in [0.2, 0.25) is 0 Å². The second-order valence-corrected chi connectivity index (χ2v) is 14.9. The van der Waals surface area contributed by atoms with Crippen molar-refractivity contribution in [1.82, 2.24) is 4.57 Å². The average molecular weight is 587 g/mol. The van der Waals surface area contributed by atoms with Crippen molar-refractivity contribution in [2.75, 3.05) is 4.90 Å². The van der Waals surface area contributed by atoms with Gasteiger partial charge < -0.3 is 9.47 Å². The minimum Gasteiger partial charge on any atom is -0.321 e. The van der Waals surface area contributed by atoms with Crippen LogP contribution in [-0.4, -0.2) is 11.3 Å². The van der Waals surface area contributed by atoms with Gasteiger partial charge >= 0.3 is 0 Å². The van der Waals surface area contributed by atoms with E-state index in [-0.39, 0.29) is 17.5 Å². The second kappa shape index (κ2) is 10.3. The summed E-state index contributed by atoms with van der Waals surface area (Å²) in [6, 6.07) is 36.2. The van der Waals surface area contributed by atoms with E-state index in [4.69, 9.17) is 0 Å². The van der Waals surface area contributed by atoms with Gasteiger partial charge in [0.15, 0.2) is 0 Å². The lowest BCUT2D eigenvalue weighted by molar-refractivity contribution is 0.590. The van der Waals surface area contributed by atoms with E-state index in [2.05, 4.69) is 175 Å². The molecule has 3 heterocycles. The van der Waals surface area contributed by atoms with Crippen LogP contribution >= 0.6 is 0 Å². The summed E-state index contributed by atoms with van der Waals surface area (Å²) in [7, 11) is 0. The molecule has 5 aromatic rings. The van der Waals surface area contributed by atoms with Crippen LogP contribution in [-0.2, 0) is 10.8 Å². The van der Waals surface area contributed by atoms with Crippen molar-refractivity contribution in [3.63, 3.8) is 0 Å². The molecule has 0 spiro atoms. The minimum absolute atomic E-state index is 0.0273. The number of para-hydroxylation sites is 2. The second-order valence-electron chi connectivity index (χ2n) is 14.9. The van der Waals surface area contributed by atoms with E-state index in [1.54, 1.807) is 0 Å². The molecule has 45 heavy (non-hydrogen) atoms. The molecule has 2 aliphatic heterocycles. The quantitative estimate of drug-likeness (QED) is 0.191. The first-order chi connectivity index (χ1) is 21.4. The van der Waals surface area contributed by atoms with Crippen LogP contribution in [0.1, 0.15) is 72.1 Å². The Hall–Kier alpha value is -4.50. The third-order valence-corrected chi connectivity index (χ3v) is 9.60. The van der Waals surface area contributed by atoms with Crippen molar-refractivity contribution >= 4 is 45.6 Å². The highest BCUT2D eigenvalue weighted by Crippen LogP contribution is 2.47. The smallest absolute Gasteiger partial charge is 0.268 e. The molecule has 0 atom stereocenters. The number of nitrogens with zero attached hydrogens (tertiary/aromatic N) is 2. The first-order valence-electron chi connectivity index (χ1n) is 16.2. The fourth-order valence-electron chi connectivity index (χ4n) is 7.39. The third kappa shape index (κ3) is 4.63. The Morgan fingerprint density at radius 2 is 1.36 bits per heavy atom. The van der Waals surface area contributed by atoms with Crippen molar-refractivity contribution in [3.8, 4) is 5.69 Å². The van der Waals surface area contributed by atoms with Crippen molar-refractivity contribution in [3.05, 3.63) is 143 Å². The number of hydrogen-bond donors (Lipinski definition) is 0. The molecule has 1 aromatic heterocycles. The molecule has 0 bridgehead atoms. The van der Waals surface area contributed by atoms with Crippen molar-refractivity contribution in [1.29, 1.82) is 0 Å². The highest BCUT2D eigenvalue weighted by Gasteiger charge is 2.47. The Morgan fingerprint density at radius 1 is 0.733 bits per heavy atom. The van der Waals surface area contributed by atoms with Crippen LogP contribution < -0.4 is 16.0 Å². The van der Waals surface area contributed by atoms with Crippen LogP contribution in [0.4, 0.5) is 11.4 Å². The van der Waals surface area contributed by atoms with E-state index in [0.717, 1.165) is 5.57 Å². The van der Waals surface area contributed by atoms with Gasteiger partial charge in [0.25, 0.3) is 6.71 Å². The SMILES string of the molecule is C=C(C)/C=C1\C2=C(C)N(c3ccc(C(C)(C)C)cc3)c3cc(C(C)(C)C)ccc3B2c2c1c1ccccc1n2-c1ccccc1. The van der Waals surface area contributed by atoms with Crippen molar-refractivity contribution in [2.24, 2.45) is 0 Å². The average Bonchev–Trinajstić information content (AvgIpc) is 3.50. The summed E-state index contributed by atoms with van der Waals surface area (Å²) >= 11 is 0. The molecule has 7 rings (SSSR count). The molecule has 0 amide bonds. The lowest BCUT2D eigenvalue weighted by Gasteiger charge is -2.38. The summed E-state index contributed by atoms with van der Waals surface area (Å²) in [5.74, 6) is 0. The van der Waals surface area contributed by atoms with Gasteiger partial charge in [0.05, 0.1) is 5.52 Å². The molecule has 0 aliphatic carbocycles. The van der Waals surface area contributed by atoms with Gasteiger partial charge in [0.2, 0.25) is 0 Å². The number of allylic oxidation sites excluding steroid dienone is 5. The highest BCUT2D eigenvalue weighted by molar-refractivity contribution is 6.97. The van der Waals surface area contributed by atoms with Crippen LogP contribution in [0.5, 0.6) is 0 Å². The van der Waals surface area contributed by atoms with Crippen LogP contribution in [0.25, 0.3) is 22.2 Å². The number of aromatic nitrogens is 1. The lowest BCUT2D eigenvalue weighted by Crippen LogP contribution is -2.50. The van der Waals surface area contributed by atoms with Crippen molar-refractivity contribution < 1.29 is 0 Å². The zero-order chi connectivity index (χ0) is 31.8. The Morgan fingerprint density at radius 3 is 2.00 bits per heavy atom. The van der Waals surface area contributed by atoms with E-state index in [0.29, 0.717) is 0 Å². The molecule has 0 saturated heterocycles. The summed E-state index contributed by atoms with van der Waals surface area (Å²) in [6.07, 6.45) is 2.31. The highest BCUT2D eigenvalue weighted by atomic mass is 15.2. The molecular formula is C42H43BN2. The van der Waals surface area contributed by atoms with Gasteiger partial charge in [0.1, 0.15) is 0 Å². The predicted octanol–water partition coefficient (Wildman–Crippen LogP) is 9.77. The molecular weight excluding hydrogens is 543 g/mol. The largest absolute Gasteiger partial charge is 0.321 e. The molecule has 0 N–H and O–H groups in total. The summed E-state index contributed by atoms with van der Waals surface area (Å²) < 4.78 is 2.51. The fraction of sp³-hybridized carbons (Fsp3) is 0.238. The zero-order valence-electron chi connectivity index (χ0n) is 28.0. The normalized spacial score (nSPS) is 15.5. The molecule has 0 saturated carbocycles. The molecule has 0 radical (unpaired) electrons. The first kappa shape index (κ1) is 29.2. The molecule has 2 aliphatic rings. The Bertz CT molecular complexity index is 2040. The summed E-state index contributed by atoms with van der Waals surface area (Å²) in [5.41, 5.74) is 16.7. The van der Waals surface area contributed by atoms with E-state index in [9.17, 15) is 0 Å². The Balaban J connectivity index is 1.59. The molecule has 0 fully saturated rings. The van der Waals surface area contributed by atoms with E-state index in [1.807, 2.05) is 0 Å². The summed E-state index contributed by atoms with van der Waals surface area (Å²) in [4.78, 5) is 2.51. The monoisotopic (exact) mass is 586 g/mol. The van der Waals surface area contributed by atoms with Gasteiger partial charge in [-0.25, -0.2) is 0 Å². The maximum Gasteiger partial charge on any atom is 0.268 e. The van der Waals surface area contributed by atoms with Gasteiger partial charge in [0, 0.05) is 39.3 Å². The van der Waals surface area contributed by atoms with Gasteiger partial charge in [-0.05, 0) is 88.7 Å². The number of fused-ring (bicyclic) bond motifs is 7. The summed E-state index contributed by atoms with van der Waals surface area (Å²) in [5, 5.41) is 1.28. The van der Waals surface area contributed by atoms with Crippen molar-refractivity contribution in [2.45, 2.75) is 66.2 Å². The standard InChI is InChI=1S/C42H43BN2/c1-27(2)25-34-38-33-17-13-14-18-36(33)45(31-15-11-10-12-16-31)40(38)43-35-24-21-30(42(7,8)9)26-37(35)44(28(3)39(34)43)32-22-19-29(20-23-32)41(4,5)6/h10-26H,1H2,2-9H3/b34-25-. The molecule has 0 unspecified atom stereocenters. The topological polar surface area (TPSA) is 8.17 Å². The van der Waals surface area contributed by atoms with Gasteiger partial charge in [-0.1, -0.05) is 120 Å². The molecule has 2 nitrogen and oxygen atoms in total. The number of anilines is 2. The number of rotatable bonds is 3. The van der Waals surface area contributed by atoms with E-state index in [1.165, 1.54) is 72.5 Å². The van der Waals surface area contributed by atoms with Gasteiger partial charge in [-0.15, -0.1) is 0 Å². The maximum absolute atomic E-state index is 4.37. The summed E-state index contributed by atoms with van der Waals surface area (Å²) in [6.45, 7) is 22.7. The van der Waals surface area contributed by atoms with E-state index < -0.39 is 0 Å². The first-order valence-corrected chi connectivity index (χ1v) is 16.2. The number of benzene rings is 4. The van der Waals surface area contributed by atoms with Gasteiger partial charge in [-0.3, -0.25) is 0 Å². The predicted molar refractivity (Wildman–Crippen MR) is 196 cm³/mol. The molecule has 3 heteroatoms. The van der Waals surface area contributed by atoms with Crippen LogP contribution in [0, 0.1) is 0 Å². The van der Waals surface area contributed by atoms with Crippen LogP contribution in [0.3, 0.4) is 0 Å². The third-order valence-electron chi connectivity index (χ3n) is 9.60. The van der Waals surface area contributed by atoms with E-state index >= 15 is 0 Å². The Kier molecular flexibility index (Phi) is 6.67. The number of hydrogen-bond acceptors (Lipinski definition) is 1. The fourth-order valence-corrected chi connectivity index (χ4v) is 7.39. The maximum atomic E-state index is 4.37. The van der Waals surface area contributed by atoms with Crippen LogP contribution in [0.15, 0.2) is 126 Å². The lowest BCUT2D eigenvalue weighted by atomic mass is 9.38. The molecule has 224 valence electrons. The zero-order valence-corrected chi connectivity index (χ0v) is 28.0. The minimum atomic E-state index is 0.0273. The van der Waals surface area contributed by atoms with Gasteiger partial charge in [-0.2, -0.15) is 0 Å².